The van der Waals surface area contributed by atoms with Crippen LogP contribution in [0.25, 0.3) is 0 Å². The van der Waals surface area contributed by atoms with Gasteiger partial charge in [0.05, 0.1) is 10.6 Å². The Morgan fingerprint density at radius 1 is 0.864 bits per heavy atom. The molecule has 4 rings (SSSR count). The van der Waals surface area contributed by atoms with Crippen LogP contribution in [0.5, 0.6) is 0 Å². The highest BCUT2D eigenvalue weighted by Crippen LogP contribution is 2.30. The van der Waals surface area contributed by atoms with E-state index in [-0.39, 0.29) is 23.8 Å². The van der Waals surface area contributed by atoms with Crippen LogP contribution in [0.4, 0.5) is 5.69 Å². The monoisotopic (exact) mass is 651 g/mol. The number of nitrogens with zero attached hydrogens (tertiary/aromatic N) is 2. The van der Waals surface area contributed by atoms with Crippen LogP contribution in [0.3, 0.4) is 0 Å². The molecule has 4 aromatic carbocycles. The molecule has 0 bridgehead atoms. The fourth-order valence-corrected chi connectivity index (χ4v) is 6.88. The van der Waals surface area contributed by atoms with Gasteiger partial charge >= 0.3 is 0 Å². The molecule has 44 heavy (non-hydrogen) atoms. The fraction of sp³-hybridized carbons (Fsp3) is 0.235. The Morgan fingerprint density at radius 3 is 2.16 bits per heavy atom. The van der Waals surface area contributed by atoms with Crippen molar-refractivity contribution in [2.75, 3.05) is 17.4 Å². The summed E-state index contributed by atoms with van der Waals surface area (Å²) in [5.74, 6) is -0.928. The van der Waals surface area contributed by atoms with E-state index in [1.807, 2.05) is 50.2 Å². The zero-order valence-corrected chi connectivity index (χ0v) is 27.2. The summed E-state index contributed by atoms with van der Waals surface area (Å²) in [5, 5.41) is 3.60. The summed E-state index contributed by atoms with van der Waals surface area (Å²) >= 11 is 12.7. The number of benzene rings is 4. The van der Waals surface area contributed by atoms with Crippen LogP contribution in [0.15, 0.2) is 102 Å². The summed E-state index contributed by atoms with van der Waals surface area (Å²) in [6, 6.07) is 26.6. The average Bonchev–Trinajstić information content (AvgIpc) is 3.01. The van der Waals surface area contributed by atoms with Crippen LogP contribution in [0.1, 0.15) is 29.2 Å². The lowest BCUT2D eigenvalue weighted by Crippen LogP contribution is -2.53. The molecule has 1 N–H and O–H groups in total. The Hall–Kier alpha value is -3.85. The van der Waals surface area contributed by atoms with Gasteiger partial charge in [-0.1, -0.05) is 89.9 Å². The van der Waals surface area contributed by atoms with E-state index in [1.165, 1.54) is 17.0 Å². The van der Waals surface area contributed by atoms with Crippen molar-refractivity contribution >= 4 is 50.7 Å². The van der Waals surface area contributed by atoms with Gasteiger partial charge in [0, 0.05) is 29.6 Å². The zero-order valence-electron chi connectivity index (χ0n) is 24.8. The number of halogens is 2. The van der Waals surface area contributed by atoms with E-state index < -0.39 is 28.5 Å². The number of hydrogen-bond donors (Lipinski definition) is 1. The number of carbonyl (C=O) groups excluding carboxylic acids is 2. The van der Waals surface area contributed by atoms with Gasteiger partial charge in [0.1, 0.15) is 12.6 Å². The van der Waals surface area contributed by atoms with Crippen molar-refractivity contribution in [2.45, 2.75) is 44.7 Å². The normalized spacial score (nSPS) is 11.9. The minimum Gasteiger partial charge on any atom is -0.355 e. The van der Waals surface area contributed by atoms with Crippen LogP contribution < -0.4 is 9.62 Å². The standard InChI is InChI=1S/C34H35Cl2N3O4S/c1-4-37-34(41)32(20-26-13-7-5-8-14-26)38(22-27-18-19-28(35)21-30(27)36)33(40)23-39(31-17-11-12-24(2)25(31)3)44(42,43)29-15-9-6-10-16-29/h5-19,21,32H,4,20,22-23H2,1-3H3,(H,37,41)/t32-/m0/s1. The summed E-state index contributed by atoms with van der Waals surface area (Å²) in [6.07, 6.45) is 0.207. The number of rotatable bonds is 12. The molecule has 230 valence electrons. The molecule has 0 spiro atoms. The third-order valence-electron chi connectivity index (χ3n) is 7.43. The minimum absolute atomic E-state index is 0.0461. The summed E-state index contributed by atoms with van der Waals surface area (Å²) in [4.78, 5) is 29.6. The van der Waals surface area contributed by atoms with E-state index >= 15 is 0 Å². The largest absolute Gasteiger partial charge is 0.355 e. The third kappa shape index (κ3) is 7.80. The Morgan fingerprint density at radius 2 is 1.52 bits per heavy atom. The van der Waals surface area contributed by atoms with Gasteiger partial charge in [-0.3, -0.25) is 13.9 Å². The maximum Gasteiger partial charge on any atom is 0.264 e. The third-order valence-corrected chi connectivity index (χ3v) is 9.79. The number of carbonyl (C=O) groups is 2. The highest BCUT2D eigenvalue weighted by atomic mass is 35.5. The van der Waals surface area contributed by atoms with Crippen LogP contribution in [0.2, 0.25) is 10.0 Å². The van der Waals surface area contributed by atoms with E-state index in [2.05, 4.69) is 5.32 Å². The topological polar surface area (TPSA) is 86.8 Å². The highest BCUT2D eigenvalue weighted by Gasteiger charge is 2.35. The van der Waals surface area contributed by atoms with Gasteiger partial charge in [-0.25, -0.2) is 8.42 Å². The number of anilines is 1. The van der Waals surface area contributed by atoms with Crippen molar-refractivity contribution in [2.24, 2.45) is 0 Å². The molecule has 0 aromatic heterocycles. The van der Waals surface area contributed by atoms with E-state index in [9.17, 15) is 18.0 Å². The summed E-state index contributed by atoms with van der Waals surface area (Å²) in [7, 11) is -4.18. The number of likely N-dealkylation sites (N-methyl/N-ethyl adjacent to an activating group) is 1. The summed E-state index contributed by atoms with van der Waals surface area (Å²) < 4.78 is 29.4. The quantitative estimate of drug-likeness (QED) is 0.187. The Balaban J connectivity index is 1.84. The lowest BCUT2D eigenvalue weighted by Gasteiger charge is -2.34. The second-order valence-electron chi connectivity index (χ2n) is 10.4. The SMILES string of the molecule is CCNC(=O)[C@H](Cc1ccccc1)N(Cc1ccc(Cl)cc1Cl)C(=O)CN(c1cccc(C)c1C)S(=O)(=O)c1ccccc1. The molecule has 0 radical (unpaired) electrons. The lowest BCUT2D eigenvalue weighted by molar-refractivity contribution is -0.140. The predicted octanol–water partition coefficient (Wildman–Crippen LogP) is 6.58. The first kappa shape index (κ1) is 33.1. The second-order valence-corrected chi connectivity index (χ2v) is 13.1. The molecule has 4 aromatic rings. The molecule has 0 saturated carbocycles. The van der Waals surface area contributed by atoms with Gasteiger partial charge in [0.25, 0.3) is 10.0 Å². The van der Waals surface area contributed by atoms with Gasteiger partial charge in [0.15, 0.2) is 0 Å². The van der Waals surface area contributed by atoms with Gasteiger partial charge in [-0.15, -0.1) is 0 Å². The number of aryl methyl sites for hydroxylation is 1. The van der Waals surface area contributed by atoms with Crippen molar-refractivity contribution in [1.29, 1.82) is 0 Å². The van der Waals surface area contributed by atoms with Gasteiger partial charge in [-0.2, -0.15) is 0 Å². The van der Waals surface area contributed by atoms with Crippen LogP contribution in [-0.2, 0) is 32.6 Å². The van der Waals surface area contributed by atoms with Crippen molar-refractivity contribution < 1.29 is 18.0 Å². The van der Waals surface area contributed by atoms with Crippen LogP contribution in [0, 0.1) is 13.8 Å². The minimum atomic E-state index is -4.18. The first-order valence-corrected chi connectivity index (χ1v) is 16.4. The summed E-state index contributed by atoms with van der Waals surface area (Å²) in [5.41, 5.74) is 3.38. The average molecular weight is 653 g/mol. The van der Waals surface area contributed by atoms with Crippen molar-refractivity contribution in [1.82, 2.24) is 10.2 Å². The molecule has 0 aliphatic carbocycles. The van der Waals surface area contributed by atoms with Crippen molar-refractivity contribution in [3.05, 3.63) is 129 Å². The lowest BCUT2D eigenvalue weighted by atomic mass is 10.0. The zero-order chi connectivity index (χ0) is 31.9. The number of hydrogen-bond acceptors (Lipinski definition) is 4. The van der Waals surface area contributed by atoms with Gasteiger partial charge < -0.3 is 10.2 Å². The molecule has 0 unspecified atom stereocenters. The molecule has 1 atom stereocenters. The van der Waals surface area contributed by atoms with E-state index in [0.29, 0.717) is 27.8 Å². The Bertz CT molecular complexity index is 1720. The first-order valence-electron chi connectivity index (χ1n) is 14.2. The smallest absolute Gasteiger partial charge is 0.264 e. The fourth-order valence-electron chi connectivity index (χ4n) is 4.92. The molecule has 2 amide bonds. The molecule has 10 heteroatoms. The molecule has 7 nitrogen and oxygen atoms in total. The highest BCUT2D eigenvalue weighted by molar-refractivity contribution is 7.92. The number of nitrogens with one attached hydrogen (secondary N) is 1. The molecular weight excluding hydrogens is 617 g/mol. The number of amides is 2. The number of sulfonamides is 1. The summed E-state index contributed by atoms with van der Waals surface area (Å²) in [6.45, 7) is 5.26. The van der Waals surface area contributed by atoms with E-state index in [1.54, 1.807) is 55.5 Å². The van der Waals surface area contributed by atoms with Gasteiger partial charge in [0.2, 0.25) is 11.8 Å². The molecule has 0 aliphatic heterocycles. The Labute approximate surface area is 269 Å². The molecule has 0 saturated heterocycles. The maximum atomic E-state index is 14.5. The molecule has 0 aliphatic rings. The van der Waals surface area contributed by atoms with E-state index in [4.69, 9.17) is 23.2 Å². The Kier molecular flexibility index (Phi) is 11.1. The maximum absolute atomic E-state index is 14.5. The second kappa shape index (κ2) is 14.8. The van der Waals surface area contributed by atoms with E-state index in [0.717, 1.165) is 21.0 Å². The van der Waals surface area contributed by atoms with Crippen molar-refractivity contribution in [3.8, 4) is 0 Å². The van der Waals surface area contributed by atoms with Crippen LogP contribution >= 0.6 is 23.2 Å². The van der Waals surface area contributed by atoms with Crippen LogP contribution in [-0.4, -0.2) is 44.3 Å². The predicted molar refractivity (Wildman–Crippen MR) is 177 cm³/mol. The first-order chi connectivity index (χ1) is 21.0. The molecular formula is C34H35Cl2N3O4S. The van der Waals surface area contributed by atoms with Gasteiger partial charge in [-0.05, 0) is 73.4 Å². The molecule has 0 heterocycles. The molecule has 0 fully saturated rings. The van der Waals surface area contributed by atoms with Crippen molar-refractivity contribution in [3.63, 3.8) is 0 Å².